The van der Waals surface area contributed by atoms with Gasteiger partial charge < -0.3 is 14.6 Å². The summed E-state index contributed by atoms with van der Waals surface area (Å²) in [6.45, 7) is 2.37. The zero-order valence-corrected chi connectivity index (χ0v) is 15.7. The fourth-order valence-corrected chi connectivity index (χ4v) is 3.49. The van der Waals surface area contributed by atoms with E-state index in [1.54, 1.807) is 18.6 Å². The number of aromatic nitrogens is 2. The van der Waals surface area contributed by atoms with Crippen LogP contribution in [0.15, 0.2) is 61.2 Å². The average Bonchev–Trinajstić information content (AvgIpc) is 3.22. The molecule has 0 fully saturated rings. The number of hydrogen-bond acceptors (Lipinski definition) is 3. The van der Waals surface area contributed by atoms with Crippen molar-refractivity contribution in [3.8, 4) is 11.4 Å². The molecule has 0 bridgehead atoms. The Hall–Kier alpha value is -2.79. The number of imidazole rings is 1. The van der Waals surface area contributed by atoms with Crippen LogP contribution in [0.1, 0.15) is 24.1 Å². The Bertz CT molecular complexity index is 939. The van der Waals surface area contributed by atoms with Crippen LogP contribution >= 0.6 is 11.6 Å². The van der Waals surface area contributed by atoms with E-state index in [0.29, 0.717) is 18.1 Å². The van der Waals surface area contributed by atoms with E-state index in [1.165, 1.54) is 0 Å². The Balaban J connectivity index is 1.40. The predicted octanol–water partition coefficient (Wildman–Crippen LogP) is 3.95. The van der Waals surface area contributed by atoms with Crippen LogP contribution in [0.4, 0.5) is 0 Å². The highest BCUT2D eigenvalue weighted by molar-refractivity contribution is 6.30. The second-order valence-corrected chi connectivity index (χ2v) is 7.19. The maximum absolute atomic E-state index is 12.7. The van der Waals surface area contributed by atoms with Crippen molar-refractivity contribution < 1.29 is 9.53 Å². The standard InChI is InChI=1S/C21H20ClN3O2/c1-14(15-2-5-19(6-3-15)25-9-8-23-13-25)24-21(26)17-10-16-11-18(22)4-7-20(16)27-12-17/h2-9,11,13-14,17H,10,12H2,1H3,(H,24,26)/t14-,17+/m1/s1. The summed E-state index contributed by atoms with van der Waals surface area (Å²) >= 11 is 6.06. The molecule has 1 aliphatic heterocycles. The van der Waals surface area contributed by atoms with Gasteiger partial charge in [0.1, 0.15) is 12.4 Å². The SMILES string of the molecule is C[C@@H](NC(=O)[C@@H]1COc2ccc(Cl)cc2C1)c1ccc(-n2ccnc2)cc1. The molecule has 0 saturated carbocycles. The van der Waals surface area contributed by atoms with Crippen LogP contribution in [0.5, 0.6) is 5.75 Å². The fourth-order valence-electron chi connectivity index (χ4n) is 3.29. The van der Waals surface area contributed by atoms with Gasteiger partial charge in [0.2, 0.25) is 5.91 Å². The lowest BCUT2D eigenvalue weighted by Gasteiger charge is -2.26. The number of carbonyl (C=O) groups excluding carboxylic acids is 1. The predicted molar refractivity (Wildman–Crippen MR) is 104 cm³/mol. The van der Waals surface area contributed by atoms with Gasteiger partial charge in [0.15, 0.2) is 0 Å². The van der Waals surface area contributed by atoms with Gasteiger partial charge in [-0.25, -0.2) is 4.98 Å². The van der Waals surface area contributed by atoms with E-state index in [0.717, 1.165) is 22.6 Å². The monoisotopic (exact) mass is 381 g/mol. The Labute approximate surface area is 162 Å². The van der Waals surface area contributed by atoms with Gasteiger partial charge in [-0.1, -0.05) is 23.7 Å². The number of nitrogens with zero attached hydrogens (tertiary/aromatic N) is 2. The summed E-state index contributed by atoms with van der Waals surface area (Å²) in [6, 6.07) is 13.5. The molecule has 1 amide bonds. The molecule has 3 aromatic rings. The van der Waals surface area contributed by atoms with E-state index in [2.05, 4.69) is 10.3 Å². The molecule has 138 valence electrons. The molecule has 0 aliphatic carbocycles. The summed E-state index contributed by atoms with van der Waals surface area (Å²) in [5.74, 6) is 0.585. The number of carbonyl (C=O) groups is 1. The van der Waals surface area contributed by atoms with E-state index in [-0.39, 0.29) is 17.9 Å². The molecule has 0 unspecified atom stereocenters. The van der Waals surface area contributed by atoms with Crippen LogP contribution in [0.3, 0.4) is 0 Å². The number of halogens is 1. The third-order valence-corrected chi connectivity index (χ3v) is 5.09. The normalized spacial score (nSPS) is 16.9. The van der Waals surface area contributed by atoms with Gasteiger partial charge in [0.25, 0.3) is 0 Å². The molecule has 0 radical (unpaired) electrons. The van der Waals surface area contributed by atoms with Gasteiger partial charge in [0.05, 0.1) is 18.3 Å². The van der Waals surface area contributed by atoms with E-state index < -0.39 is 0 Å². The zero-order chi connectivity index (χ0) is 18.8. The lowest BCUT2D eigenvalue weighted by atomic mass is 9.95. The molecule has 1 N–H and O–H groups in total. The molecule has 6 heteroatoms. The highest BCUT2D eigenvalue weighted by Crippen LogP contribution is 2.30. The van der Waals surface area contributed by atoms with E-state index in [1.807, 2.05) is 54.1 Å². The number of ether oxygens (including phenoxy) is 1. The Morgan fingerprint density at radius 1 is 1.30 bits per heavy atom. The number of rotatable bonds is 4. The number of amides is 1. The summed E-state index contributed by atoms with van der Waals surface area (Å²) in [5.41, 5.74) is 3.06. The smallest absolute Gasteiger partial charge is 0.227 e. The molecule has 1 aromatic heterocycles. The van der Waals surface area contributed by atoms with E-state index in [4.69, 9.17) is 16.3 Å². The minimum Gasteiger partial charge on any atom is -0.492 e. The van der Waals surface area contributed by atoms with Gasteiger partial charge in [-0.05, 0) is 54.8 Å². The largest absolute Gasteiger partial charge is 0.492 e. The quantitative estimate of drug-likeness (QED) is 0.744. The summed E-state index contributed by atoms with van der Waals surface area (Å²) in [6.07, 6.45) is 6.03. The number of nitrogens with one attached hydrogen (secondary N) is 1. The van der Waals surface area contributed by atoms with Crippen molar-refractivity contribution >= 4 is 17.5 Å². The molecule has 0 spiro atoms. The Morgan fingerprint density at radius 2 is 2.11 bits per heavy atom. The summed E-state index contributed by atoms with van der Waals surface area (Å²) in [5, 5.41) is 3.75. The first kappa shape index (κ1) is 17.6. The van der Waals surface area contributed by atoms with E-state index >= 15 is 0 Å². The molecule has 2 atom stereocenters. The van der Waals surface area contributed by atoms with Crippen LogP contribution in [-0.2, 0) is 11.2 Å². The number of hydrogen-bond donors (Lipinski definition) is 1. The van der Waals surface area contributed by atoms with Gasteiger partial charge in [-0.15, -0.1) is 0 Å². The van der Waals surface area contributed by atoms with Crippen LogP contribution in [0, 0.1) is 5.92 Å². The van der Waals surface area contributed by atoms with Crippen molar-refractivity contribution in [1.82, 2.24) is 14.9 Å². The molecule has 2 heterocycles. The highest BCUT2D eigenvalue weighted by Gasteiger charge is 2.27. The maximum Gasteiger partial charge on any atom is 0.227 e. The molecular formula is C21H20ClN3O2. The van der Waals surface area contributed by atoms with Crippen LogP contribution in [0.2, 0.25) is 5.02 Å². The minimum absolute atomic E-state index is 0.00758. The van der Waals surface area contributed by atoms with Crippen LogP contribution < -0.4 is 10.1 Å². The first-order valence-corrected chi connectivity index (χ1v) is 9.28. The molecule has 0 saturated heterocycles. The maximum atomic E-state index is 12.7. The lowest BCUT2D eigenvalue weighted by Crippen LogP contribution is -2.38. The molecule has 27 heavy (non-hydrogen) atoms. The van der Waals surface area contributed by atoms with Crippen molar-refractivity contribution in [3.05, 3.63) is 77.3 Å². The Morgan fingerprint density at radius 3 is 2.85 bits per heavy atom. The fraction of sp³-hybridized carbons (Fsp3) is 0.238. The van der Waals surface area contributed by atoms with Crippen molar-refractivity contribution in [2.75, 3.05) is 6.61 Å². The average molecular weight is 382 g/mol. The van der Waals surface area contributed by atoms with Crippen molar-refractivity contribution in [1.29, 1.82) is 0 Å². The van der Waals surface area contributed by atoms with Crippen molar-refractivity contribution in [2.24, 2.45) is 5.92 Å². The topological polar surface area (TPSA) is 56.1 Å². The van der Waals surface area contributed by atoms with Crippen LogP contribution in [0.25, 0.3) is 5.69 Å². The second-order valence-electron chi connectivity index (χ2n) is 6.76. The zero-order valence-electron chi connectivity index (χ0n) is 14.9. The lowest BCUT2D eigenvalue weighted by molar-refractivity contribution is -0.126. The molecule has 2 aromatic carbocycles. The van der Waals surface area contributed by atoms with Gasteiger partial charge >= 0.3 is 0 Å². The highest BCUT2D eigenvalue weighted by atomic mass is 35.5. The molecule has 4 rings (SSSR count). The Kier molecular flexibility index (Phi) is 4.86. The summed E-state index contributed by atoms with van der Waals surface area (Å²) in [4.78, 5) is 16.7. The van der Waals surface area contributed by atoms with Gasteiger partial charge in [-0.2, -0.15) is 0 Å². The number of fused-ring (bicyclic) bond motifs is 1. The molecular weight excluding hydrogens is 362 g/mol. The molecule has 1 aliphatic rings. The first-order chi connectivity index (χ1) is 13.1. The summed E-state index contributed by atoms with van der Waals surface area (Å²) in [7, 11) is 0. The summed E-state index contributed by atoms with van der Waals surface area (Å²) < 4.78 is 7.67. The minimum atomic E-state index is -0.219. The van der Waals surface area contributed by atoms with Crippen LogP contribution in [-0.4, -0.2) is 22.1 Å². The third-order valence-electron chi connectivity index (χ3n) is 4.85. The molecule has 5 nitrogen and oxygen atoms in total. The van der Waals surface area contributed by atoms with E-state index in [9.17, 15) is 4.79 Å². The number of benzene rings is 2. The van der Waals surface area contributed by atoms with Crippen molar-refractivity contribution in [2.45, 2.75) is 19.4 Å². The van der Waals surface area contributed by atoms with Gasteiger partial charge in [-0.3, -0.25) is 4.79 Å². The van der Waals surface area contributed by atoms with Gasteiger partial charge in [0, 0.05) is 23.1 Å². The third kappa shape index (κ3) is 3.83. The first-order valence-electron chi connectivity index (χ1n) is 8.90. The van der Waals surface area contributed by atoms with Crippen molar-refractivity contribution in [3.63, 3.8) is 0 Å². The second kappa shape index (κ2) is 7.45.